The second-order valence-electron chi connectivity index (χ2n) is 6.43. The Labute approximate surface area is 174 Å². The molecule has 0 aliphatic carbocycles. The number of benzene rings is 2. The average molecular weight is 437 g/mol. The molecule has 5 nitrogen and oxygen atoms in total. The first-order chi connectivity index (χ1) is 13.7. The lowest BCUT2D eigenvalue weighted by atomic mass is 9.91. The molecule has 0 aliphatic heterocycles. The van der Waals surface area contributed by atoms with Crippen LogP contribution in [0.15, 0.2) is 47.8 Å². The van der Waals surface area contributed by atoms with Gasteiger partial charge >= 0.3 is 5.97 Å². The number of hydrogen-bond acceptors (Lipinski definition) is 4. The van der Waals surface area contributed by atoms with Gasteiger partial charge in [0, 0.05) is 21.5 Å². The van der Waals surface area contributed by atoms with E-state index in [0.717, 1.165) is 30.7 Å². The first-order valence-corrected chi connectivity index (χ1v) is 9.65. The van der Waals surface area contributed by atoms with Crippen LogP contribution in [0.25, 0.3) is 10.6 Å². The second kappa shape index (κ2) is 8.26. The average Bonchev–Trinajstić information content (AvgIpc) is 3.11. The van der Waals surface area contributed by atoms with Crippen LogP contribution in [0, 0.1) is 11.6 Å². The minimum atomic E-state index is -2.14. The van der Waals surface area contributed by atoms with Crippen molar-refractivity contribution in [1.82, 2.24) is 10.3 Å². The van der Waals surface area contributed by atoms with E-state index in [2.05, 4.69) is 10.3 Å². The molecule has 3 rings (SSSR count). The normalized spacial score (nSPS) is 13.0. The fourth-order valence-electron chi connectivity index (χ4n) is 2.75. The van der Waals surface area contributed by atoms with Crippen LogP contribution in [0.4, 0.5) is 8.78 Å². The van der Waals surface area contributed by atoms with Gasteiger partial charge in [-0.2, -0.15) is 0 Å². The lowest BCUT2D eigenvalue weighted by Crippen LogP contribution is -2.50. The number of carbonyl (C=O) groups is 2. The van der Waals surface area contributed by atoms with Gasteiger partial charge in [-0.1, -0.05) is 23.7 Å². The van der Waals surface area contributed by atoms with Gasteiger partial charge in [0.05, 0.1) is 12.1 Å². The number of thiazole rings is 1. The smallest absolute Gasteiger partial charge is 0.333 e. The molecule has 1 heterocycles. The molecular formula is C20H15ClF2N2O3S. The number of carbonyl (C=O) groups excluding carboxylic acids is 1. The molecule has 29 heavy (non-hydrogen) atoms. The number of rotatable bonds is 6. The van der Waals surface area contributed by atoms with E-state index in [1.165, 1.54) is 11.3 Å². The van der Waals surface area contributed by atoms with Crippen molar-refractivity contribution in [2.75, 3.05) is 0 Å². The summed E-state index contributed by atoms with van der Waals surface area (Å²) in [4.78, 5) is 28.6. The molecule has 0 saturated heterocycles. The van der Waals surface area contributed by atoms with Gasteiger partial charge in [0.1, 0.15) is 16.6 Å². The van der Waals surface area contributed by atoms with Crippen LogP contribution in [0.1, 0.15) is 18.2 Å². The number of aromatic nitrogens is 1. The summed E-state index contributed by atoms with van der Waals surface area (Å²) in [6.45, 7) is 1.10. The molecule has 0 fully saturated rings. The van der Waals surface area contributed by atoms with Gasteiger partial charge in [0.25, 0.3) is 0 Å². The van der Waals surface area contributed by atoms with Crippen LogP contribution in [0.2, 0.25) is 5.02 Å². The molecular weight excluding hydrogens is 422 g/mol. The van der Waals surface area contributed by atoms with E-state index in [1.54, 1.807) is 23.6 Å². The second-order valence-corrected chi connectivity index (χ2v) is 7.73. The van der Waals surface area contributed by atoms with E-state index in [0.29, 0.717) is 15.7 Å². The highest BCUT2D eigenvalue weighted by atomic mass is 35.5. The summed E-state index contributed by atoms with van der Waals surface area (Å²) in [5.74, 6) is -3.96. The Morgan fingerprint density at radius 2 is 2.00 bits per heavy atom. The maximum Gasteiger partial charge on any atom is 0.333 e. The van der Waals surface area contributed by atoms with Gasteiger partial charge in [-0.05, 0) is 37.3 Å². The van der Waals surface area contributed by atoms with E-state index in [4.69, 9.17) is 11.6 Å². The molecule has 150 valence electrons. The molecule has 3 aromatic rings. The van der Waals surface area contributed by atoms with Crippen molar-refractivity contribution in [2.45, 2.75) is 18.9 Å². The molecule has 1 atom stereocenters. The Morgan fingerprint density at radius 3 is 2.69 bits per heavy atom. The zero-order valence-corrected chi connectivity index (χ0v) is 16.7. The number of aliphatic carboxylic acids is 1. The monoisotopic (exact) mass is 436 g/mol. The maximum absolute atomic E-state index is 14.1. The zero-order valence-electron chi connectivity index (χ0n) is 15.1. The number of carboxylic acid groups (broad SMARTS) is 1. The van der Waals surface area contributed by atoms with Gasteiger partial charge in [0.15, 0.2) is 5.54 Å². The molecule has 2 aromatic carbocycles. The van der Waals surface area contributed by atoms with Crippen molar-refractivity contribution in [3.63, 3.8) is 0 Å². The molecule has 1 unspecified atom stereocenters. The third-order valence-electron chi connectivity index (χ3n) is 4.25. The molecule has 2 N–H and O–H groups in total. The Balaban J connectivity index is 1.80. The number of amides is 1. The van der Waals surface area contributed by atoms with Crippen LogP contribution in [0.5, 0.6) is 0 Å². The highest BCUT2D eigenvalue weighted by Crippen LogP contribution is 2.27. The number of nitrogens with zero attached hydrogens (tertiary/aromatic N) is 1. The van der Waals surface area contributed by atoms with Gasteiger partial charge in [-0.25, -0.2) is 18.6 Å². The quantitative estimate of drug-likeness (QED) is 0.600. The molecule has 0 aliphatic rings. The highest BCUT2D eigenvalue weighted by Gasteiger charge is 2.39. The van der Waals surface area contributed by atoms with Crippen molar-refractivity contribution in [3.8, 4) is 10.6 Å². The van der Waals surface area contributed by atoms with Crippen LogP contribution in [-0.4, -0.2) is 22.0 Å². The van der Waals surface area contributed by atoms with Gasteiger partial charge in [0.2, 0.25) is 5.91 Å². The molecule has 0 bridgehead atoms. The van der Waals surface area contributed by atoms with Crippen molar-refractivity contribution in [3.05, 3.63) is 75.8 Å². The highest BCUT2D eigenvalue weighted by molar-refractivity contribution is 7.13. The SMILES string of the molecule is CC(NC(=O)Cc1csc(-c2cccc(Cl)c2)n1)(C(=O)O)c1cc(F)ccc1F. The summed E-state index contributed by atoms with van der Waals surface area (Å²) in [6.07, 6.45) is -0.225. The lowest BCUT2D eigenvalue weighted by molar-refractivity contribution is -0.147. The first kappa shape index (κ1) is 20.9. The predicted molar refractivity (Wildman–Crippen MR) is 106 cm³/mol. The summed E-state index contributed by atoms with van der Waals surface area (Å²) in [5.41, 5.74) is -1.42. The lowest BCUT2D eigenvalue weighted by Gasteiger charge is -2.27. The van der Waals surface area contributed by atoms with Crippen molar-refractivity contribution in [1.29, 1.82) is 0 Å². The molecule has 0 radical (unpaired) electrons. The fraction of sp³-hybridized carbons (Fsp3) is 0.150. The Morgan fingerprint density at radius 1 is 1.24 bits per heavy atom. The number of hydrogen-bond donors (Lipinski definition) is 2. The van der Waals surface area contributed by atoms with E-state index in [1.807, 2.05) is 6.07 Å². The Hall–Kier alpha value is -2.84. The molecule has 0 spiro atoms. The standard InChI is InChI=1S/C20H15ClF2N2O3S/c1-20(19(27)28,15-8-13(22)5-6-16(15)23)25-17(26)9-14-10-29-18(24-14)11-3-2-4-12(21)7-11/h2-8,10H,9H2,1H3,(H,25,26)(H,27,28). The summed E-state index contributed by atoms with van der Waals surface area (Å²) in [7, 11) is 0. The van der Waals surface area contributed by atoms with Crippen LogP contribution in [-0.2, 0) is 21.5 Å². The van der Waals surface area contributed by atoms with Crippen molar-refractivity contribution in [2.24, 2.45) is 0 Å². The zero-order chi connectivity index (χ0) is 21.2. The summed E-state index contributed by atoms with van der Waals surface area (Å²) >= 11 is 7.27. The van der Waals surface area contributed by atoms with E-state index < -0.39 is 34.6 Å². The third kappa shape index (κ3) is 4.60. The van der Waals surface area contributed by atoms with Crippen LogP contribution in [0.3, 0.4) is 0 Å². The Kier molecular flexibility index (Phi) is 5.95. The fourth-order valence-corrected chi connectivity index (χ4v) is 3.75. The Bertz CT molecular complexity index is 1090. The molecule has 1 amide bonds. The third-order valence-corrected chi connectivity index (χ3v) is 5.42. The molecule has 0 saturated carbocycles. The number of nitrogens with one attached hydrogen (secondary N) is 1. The van der Waals surface area contributed by atoms with Gasteiger partial charge in [-0.15, -0.1) is 11.3 Å². The summed E-state index contributed by atoms with van der Waals surface area (Å²) in [6, 6.07) is 9.50. The number of carboxylic acids is 1. The summed E-state index contributed by atoms with van der Waals surface area (Å²) in [5, 5.41) is 14.7. The van der Waals surface area contributed by atoms with Gasteiger partial charge in [-0.3, -0.25) is 4.79 Å². The predicted octanol–water partition coefficient (Wildman–Crippen LogP) is 4.40. The van der Waals surface area contributed by atoms with Crippen LogP contribution >= 0.6 is 22.9 Å². The minimum absolute atomic E-state index is 0.225. The van der Waals surface area contributed by atoms with Gasteiger partial charge < -0.3 is 10.4 Å². The van der Waals surface area contributed by atoms with E-state index >= 15 is 0 Å². The van der Waals surface area contributed by atoms with Crippen molar-refractivity contribution < 1.29 is 23.5 Å². The van der Waals surface area contributed by atoms with E-state index in [-0.39, 0.29) is 6.42 Å². The van der Waals surface area contributed by atoms with E-state index in [9.17, 15) is 23.5 Å². The van der Waals surface area contributed by atoms with Crippen molar-refractivity contribution >= 4 is 34.8 Å². The topological polar surface area (TPSA) is 79.3 Å². The molecule has 1 aromatic heterocycles. The summed E-state index contributed by atoms with van der Waals surface area (Å²) < 4.78 is 27.7. The minimum Gasteiger partial charge on any atom is -0.479 e. The van der Waals surface area contributed by atoms with Crippen LogP contribution < -0.4 is 5.32 Å². The largest absolute Gasteiger partial charge is 0.479 e. The number of halogens is 3. The molecule has 9 heteroatoms. The maximum atomic E-state index is 14.1. The first-order valence-electron chi connectivity index (χ1n) is 8.39.